The Bertz CT molecular complexity index is 402. The molecular weight excluding hydrogens is 238 g/mol. The van der Waals surface area contributed by atoms with Crippen molar-refractivity contribution in [3.05, 3.63) is 11.9 Å². The van der Waals surface area contributed by atoms with Crippen LogP contribution in [0.3, 0.4) is 0 Å². The van der Waals surface area contributed by atoms with Crippen molar-refractivity contribution in [2.24, 2.45) is 5.92 Å². The number of fused-ring (bicyclic) bond motifs is 1. The fourth-order valence-electron chi connectivity index (χ4n) is 3.78. The molecule has 2 atom stereocenters. The van der Waals surface area contributed by atoms with Gasteiger partial charge in [-0.2, -0.15) is 0 Å². The van der Waals surface area contributed by atoms with Gasteiger partial charge in [0.05, 0.1) is 12.2 Å². The molecule has 0 amide bonds. The number of nitrogens with one attached hydrogen (secondary N) is 1. The molecule has 1 aliphatic carbocycles. The minimum atomic E-state index is 0.800. The minimum Gasteiger partial charge on any atom is -0.314 e. The maximum atomic E-state index is 4.20. The fourth-order valence-corrected chi connectivity index (χ4v) is 3.78. The van der Waals surface area contributed by atoms with Gasteiger partial charge >= 0.3 is 0 Å². The van der Waals surface area contributed by atoms with Gasteiger partial charge in [-0.1, -0.05) is 11.6 Å². The minimum absolute atomic E-state index is 0.800. The zero-order valence-corrected chi connectivity index (χ0v) is 11.9. The molecular formula is C14H25N5. The Morgan fingerprint density at radius 3 is 3.05 bits per heavy atom. The van der Waals surface area contributed by atoms with Crippen molar-refractivity contribution in [2.45, 2.75) is 51.2 Å². The lowest BCUT2D eigenvalue weighted by molar-refractivity contribution is 0.107. The van der Waals surface area contributed by atoms with Gasteiger partial charge in [-0.25, -0.2) is 0 Å². The molecule has 0 aromatic carbocycles. The summed E-state index contributed by atoms with van der Waals surface area (Å²) in [6.07, 6.45) is 9.19. The summed E-state index contributed by atoms with van der Waals surface area (Å²) in [5, 5.41) is 11.5. The summed E-state index contributed by atoms with van der Waals surface area (Å²) in [4.78, 5) is 2.70. The van der Waals surface area contributed by atoms with E-state index in [4.69, 9.17) is 0 Å². The molecule has 2 heterocycles. The molecule has 19 heavy (non-hydrogen) atoms. The topological polar surface area (TPSA) is 46.0 Å². The highest BCUT2D eigenvalue weighted by molar-refractivity contribution is 4.92. The van der Waals surface area contributed by atoms with Gasteiger partial charge in [-0.05, 0) is 45.2 Å². The highest BCUT2D eigenvalue weighted by Crippen LogP contribution is 2.36. The Labute approximate surface area is 115 Å². The van der Waals surface area contributed by atoms with E-state index in [0.717, 1.165) is 37.3 Å². The molecule has 2 unspecified atom stereocenters. The summed E-state index contributed by atoms with van der Waals surface area (Å²) in [7, 11) is 1.94. The predicted octanol–water partition coefficient (Wildman–Crippen LogP) is 1.26. The molecule has 1 aliphatic heterocycles. The zero-order chi connectivity index (χ0) is 13.1. The van der Waals surface area contributed by atoms with Crippen LogP contribution in [-0.4, -0.2) is 46.1 Å². The SMILES string of the molecule is CNCc1cn(CCN2CCCC3CCCC32)nn1. The second kappa shape index (κ2) is 6.01. The Hall–Kier alpha value is -0.940. The monoisotopic (exact) mass is 263 g/mol. The van der Waals surface area contributed by atoms with Crippen molar-refractivity contribution in [2.75, 3.05) is 20.1 Å². The molecule has 0 radical (unpaired) electrons. The van der Waals surface area contributed by atoms with Crippen molar-refractivity contribution in [1.82, 2.24) is 25.2 Å². The lowest BCUT2D eigenvalue weighted by Gasteiger charge is -2.37. The van der Waals surface area contributed by atoms with Crippen LogP contribution in [0.15, 0.2) is 6.20 Å². The molecule has 1 aromatic rings. The summed E-state index contributed by atoms with van der Waals surface area (Å²) in [5.41, 5.74) is 1.03. The molecule has 1 saturated heterocycles. The summed E-state index contributed by atoms with van der Waals surface area (Å²) in [6.45, 7) is 4.18. The zero-order valence-electron chi connectivity index (χ0n) is 11.9. The molecule has 106 valence electrons. The van der Waals surface area contributed by atoms with Gasteiger partial charge < -0.3 is 5.32 Å². The van der Waals surface area contributed by atoms with E-state index in [1.807, 2.05) is 11.7 Å². The number of hydrogen-bond donors (Lipinski definition) is 1. The van der Waals surface area contributed by atoms with Gasteiger partial charge in [0.1, 0.15) is 0 Å². The quantitative estimate of drug-likeness (QED) is 0.869. The van der Waals surface area contributed by atoms with E-state index in [2.05, 4.69) is 26.7 Å². The second-order valence-corrected chi connectivity index (χ2v) is 5.94. The lowest BCUT2D eigenvalue weighted by Crippen LogP contribution is -2.43. The van der Waals surface area contributed by atoms with Crippen molar-refractivity contribution in [3.8, 4) is 0 Å². The van der Waals surface area contributed by atoms with Crippen LogP contribution in [0.1, 0.15) is 37.8 Å². The average molecular weight is 263 g/mol. The smallest absolute Gasteiger partial charge is 0.0964 e. The molecule has 5 nitrogen and oxygen atoms in total. The molecule has 0 bridgehead atoms. The number of likely N-dealkylation sites (tertiary alicyclic amines) is 1. The Morgan fingerprint density at radius 2 is 2.16 bits per heavy atom. The fraction of sp³-hybridized carbons (Fsp3) is 0.857. The third-order valence-corrected chi connectivity index (χ3v) is 4.67. The van der Waals surface area contributed by atoms with Crippen LogP contribution in [0.25, 0.3) is 0 Å². The van der Waals surface area contributed by atoms with Crippen molar-refractivity contribution in [1.29, 1.82) is 0 Å². The molecule has 2 fully saturated rings. The van der Waals surface area contributed by atoms with Crippen LogP contribution in [0.4, 0.5) is 0 Å². The summed E-state index contributed by atoms with van der Waals surface area (Å²) >= 11 is 0. The summed E-state index contributed by atoms with van der Waals surface area (Å²) in [6, 6.07) is 0.856. The lowest BCUT2D eigenvalue weighted by atomic mass is 9.92. The first-order valence-corrected chi connectivity index (χ1v) is 7.64. The van der Waals surface area contributed by atoms with Gasteiger partial charge in [0.25, 0.3) is 0 Å². The Balaban J connectivity index is 1.53. The van der Waals surface area contributed by atoms with Crippen LogP contribution in [0.5, 0.6) is 0 Å². The van der Waals surface area contributed by atoms with Crippen LogP contribution in [-0.2, 0) is 13.1 Å². The molecule has 3 rings (SSSR count). The van der Waals surface area contributed by atoms with Crippen LogP contribution in [0.2, 0.25) is 0 Å². The highest BCUT2D eigenvalue weighted by Gasteiger charge is 2.34. The van der Waals surface area contributed by atoms with E-state index in [1.165, 1.54) is 38.6 Å². The number of hydrogen-bond acceptors (Lipinski definition) is 4. The van der Waals surface area contributed by atoms with Gasteiger partial charge in [-0.3, -0.25) is 9.58 Å². The van der Waals surface area contributed by atoms with E-state index in [9.17, 15) is 0 Å². The first kappa shape index (κ1) is 13.1. The third-order valence-electron chi connectivity index (χ3n) is 4.67. The van der Waals surface area contributed by atoms with Crippen LogP contribution < -0.4 is 5.32 Å². The van der Waals surface area contributed by atoms with Gasteiger partial charge in [0.2, 0.25) is 0 Å². The van der Waals surface area contributed by atoms with E-state index in [-0.39, 0.29) is 0 Å². The number of nitrogens with zero attached hydrogens (tertiary/aromatic N) is 4. The summed E-state index contributed by atoms with van der Waals surface area (Å²) < 4.78 is 1.99. The number of rotatable bonds is 5. The van der Waals surface area contributed by atoms with Crippen LogP contribution in [0, 0.1) is 5.92 Å². The maximum absolute atomic E-state index is 4.20. The number of piperidine rings is 1. The van der Waals surface area contributed by atoms with Crippen molar-refractivity contribution < 1.29 is 0 Å². The molecule has 0 spiro atoms. The Kier molecular flexibility index (Phi) is 4.13. The summed E-state index contributed by atoms with van der Waals surface area (Å²) in [5.74, 6) is 0.976. The predicted molar refractivity (Wildman–Crippen MR) is 74.7 cm³/mol. The average Bonchev–Trinajstić information content (AvgIpc) is 3.05. The van der Waals surface area contributed by atoms with Crippen molar-refractivity contribution >= 4 is 0 Å². The number of aromatic nitrogens is 3. The van der Waals surface area contributed by atoms with E-state index in [0.29, 0.717) is 0 Å². The van der Waals surface area contributed by atoms with Gasteiger partial charge in [0, 0.05) is 25.3 Å². The standard InChI is InChI=1S/C14H25N5/c1-15-10-13-11-19(17-16-13)9-8-18-7-3-5-12-4-2-6-14(12)18/h11-12,14-15H,2-10H2,1H3. The van der Waals surface area contributed by atoms with Crippen molar-refractivity contribution in [3.63, 3.8) is 0 Å². The molecule has 5 heteroatoms. The van der Waals surface area contributed by atoms with Gasteiger partial charge in [-0.15, -0.1) is 5.10 Å². The van der Waals surface area contributed by atoms with Crippen LogP contribution >= 0.6 is 0 Å². The normalized spacial score (nSPS) is 27.6. The Morgan fingerprint density at radius 1 is 1.26 bits per heavy atom. The van der Waals surface area contributed by atoms with E-state index >= 15 is 0 Å². The highest BCUT2D eigenvalue weighted by atomic mass is 15.4. The largest absolute Gasteiger partial charge is 0.314 e. The van der Waals surface area contributed by atoms with Gasteiger partial charge in [0.15, 0.2) is 0 Å². The second-order valence-electron chi connectivity index (χ2n) is 5.94. The first-order chi connectivity index (χ1) is 9.36. The maximum Gasteiger partial charge on any atom is 0.0964 e. The molecule has 1 saturated carbocycles. The van der Waals surface area contributed by atoms with E-state index < -0.39 is 0 Å². The molecule has 1 N–H and O–H groups in total. The van der Waals surface area contributed by atoms with E-state index in [1.54, 1.807) is 0 Å². The third kappa shape index (κ3) is 2.98. The molecule has 2 aliphatic rings. The first-order valence-electron chi connectivity index (χ1n) is 7.64. The molecule has 1 aromatic heterocycles.